The first-order valence-electron chi connectivity index (χ1n) is 31.3. The number of hydrogen-bond donors (Lipinski definition) is 4. The Morgan fingerprint density at radius 1 is 0.651 bits per heavy atom. The van der Waals surface area contributed by atoms with Crippen LogP contribution < -0.4 is 21.4 Å². The molecule has 476 valence electrons. The van der Waals surface area contributed by atoms with Crippen LogP contribution in [0.3, 0.4) is 0 Å². The number of hydrogen-bond acceptors (Lipinski definition) is 14. The van der Waals surface area contributed by atoms with Gasteiger partial charge in [-0.3, -0.25) is 37.5 Å². The van der Waals surface area contributed by atoms with Crippen LogP contribution in [0, 0.1) is 11.6 Å². The zero-order chi connectivity index (χ0) is 62.2. The maximum absolute atomic E-state index is 14.5. The lowest BCUT2D eigenvalue weighted by atomic mass is 9.93. The molecule has 0 saturated heterocycles. The molecule has 86 heavy (non-hydrogen) atoms. The summed E-state index contributed by atoms with van der Waals surface area (Å²) < 4.78 is 75.4. The Morgan fingerprint density at radius 3 is 1.87 bits per heavy atom. The van der Waals surface area contributed by atoms with E-state index >= 15 is 0 Å². The molecule has 0 saturated carbocycles. The van der Waals surface area contributed by atoms with Crippen LogP contribution in [-0.4, -0.2) is 80.0 Å². The summed E-state index contributed by atoms with van der Waals surface area (Å²) in [6.07, 6.45) is 31.6. The maximum atomic E-state index is 14.5. The Balaban J connectivity index is 1.07. The quantitative estimate of drug-likeness (QED) is 0.00807. The Morgan fingerprint density at radius 2 is 1.22 bits per heavy atom. The first-order valence-corrected chi connectivity index (χ1v) is 33.1. The molecule has 16 nitrogen and oxygen atoms in total. The number of phosphoric acid groups is 1. The van der Waals surface area contributed by atoms with Crippen molar-refractivity contribution in [2.24, 2.45) is 0 Å². The molecule has 1 aliphatic carbocycles. The van der Waals surface area contributed by atoms with E-state index in [-0.39, 0.29) is 85.7 Å². The summed E-state index contributed by atoms with van der Waals surface area (Å²) in [5.74, 6) is -3.41. The summed E-state index contributed by atoms with van der Waals surface area (Å²) in [4.78, 5) is 62.8. The first-order chi connectivity index (χ1) is 41.6. The normalized spacial score (nSPS) is 12.7. The van der Waals surface area contributed by atoms with Gasteiger partial charge in [-0.1, -0.05) is 114 Å². The number of phosphoric ester groups is 1. The van der Waals surface area contributed by atoms with Crippen LogP contribution in [0.25, 0.3) is 33.4 Å². The van der Waals surface area contributed by atoms with Gasteiger partial charge in [-0.2, -0.15) is 0 Å². The van der Waals surface area contributed by atoms with Crippen LogP contribution in [0.5, 0.6) is 5.75 Å². The molecule has 1 aliphatic heterocycles. The van der Waals surface area contributed by atoms with E-state index in [9.17, 15) is 42.4 Å². The zero-order valence-corrected chi connectivity index (χ0v) is 52.7. The van der Waals surface area contributed by atoms with Crippen LogP contribution in [0.2, 0.25) is 0 Å². The minimum absolute atomic E-state index is 0.0254. The zero-order valence-electron chi connectivity index (χ0n) is 51.0. The molecule has 0 fully saturated rings. The summed E-state index contributed by atoms with van der Waals surface area (Å²) in [6.45, 7) is 4.71. The number of unbranched alkanes of at least 4 members (excludes halogenated alkanes) is 17. The number of halogens is 2. The average Bonchev–Trinajstić information content (AvgIpc) is 0.949. The van der Waals surface area contributed by atoms with Gasteiger partial charge in [0.1, 0.15) is 23.7 Å². The highest BCUT2D eigenvalue weighted by Gasteiger charge is 2.29. The number of carbonyl (C=O) groups excluding carboxylic acids is 4. The highest BCUT2D eigenvalue weighted by Crippen LogP contribution is 2.49. The largest absolute Gasteiger partial charge is 0.505 e. The lowest BCUT2D eigenvalue weighted by molar-refractivity contribution is -0.161. The van der Waals surface area contributed by atoms with Gasteiger partial charge in [0.25, 0.3) is 0 Å². The second kappa shape index (κ2) is 42.9. The van der Waals surface area contributed by atoms with Crippen molar-refractivity contribution in [3.05, 3.63) is 94.7 Å². The standard InChI is InChI=1S/C66H94F2N3O13PS/c1-4-6-8-10-12-14-16-18-20-22-25-35-63(76)80-48-53(83-64(77)36-26-23-21-19-17-15-13-11-9-7-5-2)49-82-85(78,79-3)81-43-31-33-52(72)32-27-28-34-62(75)69-41-29-24-30-42-70-66(86)71-51-39-37-50(38-40-51)65-54-44-56(67)58(73)46-60(54)84-61-47-59(74)57(68)45-55(61)65/h10-13,37-40,44-47,53,73H,4-9,14-36,41-43,48-49H2,1-3H3,(H,69,75)(H2,70,71,86)/b12-10+,13-11+. The Hall–Kier alpha value is -5.85. The summed E-state index contributed by atoms with van der Waals surface area (Å²) in [5, 5.41) is 19.8. The minimum Gasteiger partial charge on any atom is -0.505 e. The Labute approximate surface area is 513 Å². The van der Waals surface area contributed by atoms with Crippen molar-refractivity contribution in [1.82, 2.24) is 10.6 Å². The molecule has 2 unspecified atom stereocenters. The molecule has 0 radical (unpaired) electrons. The molecule has 0 bridgehead atoms. The van der Waals surface area contributed by atoms with Crippen molar-refractivity contribution in [3.8, 4) is 28.2 Å². The fraction of sp³-hybridized carbons (Fsp3) is 0.576. The molecule has 2 atom stereocenters. The van der Waals surface area contributed by atoms with Gasteiger partial charge in [0.15, 0.2) is 28.6 Å². The van der Waals surface area contributed by atoms with E-state index in [0.717, 1.165) is 121 Å². The van der Waals surface area contributed by atoms with E-state index in [1.165, 1.54) is 32.8 Å². The van der Waals surface area contributed by atoms with E-state index < -0.39 is 55.3 Å². The molecule has 2 aromatic rings. The van der Waals surface area contributed by atoms with Gasteiger partial charge in [-0.15, -0.1) is 0 Å². The molecule has 0 spiro atoms. The van der Waals surface area contributed by atoms with Crippen LogP contribution in [0.4, 0.5) is 14.5 Å². The molecular formula is C66H94F2N3O13PS. The molecule has 2 aliphatic rings. The van der Waals surface area contributed by atoms with E-state index in [0.29, 0.717) is 60.7 Å². The highest BCUT2D eigenvalue weighted by molar-refractivity contribution is 7.80. The van der Waals surface area contributed by atoms with Crippen LogP contribution in [0.1, 0.15) is 200 Å². The van der Waals surface area contributed by atoms with E-state index in [1.807, 2.05) is 0 Å². The van der Waals surface area contributed by atoms with Gasteiger partial charge in [0.2, 0.25) is 11.3 Å². The predicted molar refractivity (Wildman–Crippen MR) is 339 cm³/mol. The number of anilines is 1. The third kappa shape index (κ3) is 29.7. The summed E-state index contributed by atoms with van der Waals surface area (Å²) in [5.41, 5.74) is 1.19. The van der Waals surface area contributed by atoms with Gasteiger partial charge in [-0.05, 0) is 132 Å². The fourth-order valence-corrected chi connectivity index (χ4v) is 10.6. The van der Waals surface area contributed by atoms with Crippen molar-refractivity contribution >= 4 is 65.4 Å². The monoisotopic (exact) mass is 1240 g/mol. The smallest absolute Gasteiger partial charge is 0.474 e. The molecular weight excluding hydrogens is 1140 g/mol. The molecule has 0 aromatic heterocycles. The maximum Gasteiger partial charge on any atom is 0.474 e. The van der Waals surface area contributed by atoms with E-state index in [4.69, 9.17) is 39.7 Å². The van der Waals surface area contributed by atoms with Gasteiger partial charge < -0.3 is 34.9 Å². The van der Waals surface area contributed by atoms with Gasteiger partial charge >= 0.3 is 19.8 Å². The van der Waals surface area contributed by atoms with Crippen LogP contribution >= 0.6 is 20.0 Å². The molecule has 4 rings (SSSR count). The van der Waals surface area contributed by atoms with Crippen LogP contribution in [0.15, 0.2) is 82.0 Å². The first kappa shape index (κ1) is 72.6. The molecule has 2 aromatic carbocycles. The number of phenols is 1. The SMILES string of the molecule is CCCC/C=C/CCCCCCCC(=O)OCC(COP(=O)(OC)OCCCC(=O)CCCCC(=O)NCCCCCNC(=S)Nc1ccc(-c2c3cc(F)c(=O)cc-3oc3cc(O)c(F)cc23)cc1)OC(=O)CCCCCCC/C=C/CCCC. The average molecular weight is 1240 g/mol. The summed E-state index contributed by atoms with van der Waals surface area (Å²) in [7, 11) is -2.95. The number of fused-ring (bicyclic) bond motifs is 2. The second-order valence-corrected chi connectivity index (χ2v) is 23.9. The third-order valence-electron chi connectivity index (χ3n) is 14.3. The fourth-order valence-electron chi connectivity index (χ4n) is 9.41. The third-order valence-corrected chi connectivity index (χ3v) is 16.0. The number of thiocarbonyl (C=S) groups is 1. The molecule has 20 heteroatoms. The molecule has 4 N–H and O–H groups in total. The van der Waals surface area contributed by atoms with E-state index in [1.54, 1.807) is 24.3 Å². The van der Waals surface area contributed by atoms with Crippen LogP contribution in [-0.2, 0) is 46.8 Å². The van der Waals surface area contributed by atoms with E-state index in [2.05, 4.69) is 54.1 Å². The number of rotatable bonds is 47. The number of benzene rings is 3. The number of amides is 1. The topological polar surface area (TPSA) is 218 Å². The van der Waals surface area contributed by atoms with Crippen molar-refractivity contribution in [3.63, 3.8) is 0 Å². The molecule has 1 heterocycles. The minimum atomic E-state index is -4.12. The Kier molecular flexibility index (Phi) is 36.2. The second-order valence-electron chi connectivity index (χ2n) is 21.7. The van der Waals surface area contributed by atoms with Gasteiger partial charge in [-0.25, -0.2) is 13.3 Å². The number of aromatic hydroxyl groups is 1. The number of esters is 2. The van der Waals surface area contributed by atoms with Gasteiger partial charge in [0.05, 0.1) is 13.2 Å². The number of nitrogens with one attached hydrogen (secondary N) is 3. The predicted octanol–water partition coefficient (Wildman–Crippen LogP) is 16.2. The summed E-state index contributed by atoms with van der Waals surface area (Å²) >= 11 is 5.48. The molecule has 1 amide bonds. The number of Topliss-reactive ketones (excluding diaryl/α,β-unsaturated/α-hetero) is 1. The Bertz CT molecular complexity index is 2810. The lowest BCUT2D eigenvalue weighted by Crippen LogP contribution is -2.29. The van der Waals surface area contributed by atoms with Gasteiger partial charge in [0, 0.05) is 86.6 Å². The number of phenolic OH excluding ortho intramolecular Hbond substituents is 1. The van der Waals surface area contributed by atoms with Crippen molar-refractivity contribution < 1.29 is 65.1 Å². The number of ether oxygens (including phenoxy) is 2. The lowest BCUT2D eigenvalue weighted by Gasteiger charge is -2.21. The van der Waals surface area contributed by atoms with Crippen molar-refractivity contribution in [2.75, 3.05) is 45.3 Å². The number of carbonyl (C=O) groups is 4. The van der Waals surface area contributed by atoms with Crippen molar-refractivity contribution in [2.45, 2.75) is 206 Å². The summed E-state index contributed by atoms with van der Waals surface area (Å²) in [6, 6.07) is 11.3. The number of ketones is 1. The van der Waals surface area contributed by atoms with Crippen molar-refractivity contribution in [1.29, 1.82) is 0 Å². The highest BCUT2D eigenvalue weighted by atomic mass is 32.1. The number of allylic oxidation sites excluding steroid dienone is 4.